The molecule has 3 rings (SSSR count). The van der Waals surface area contributed by atoms with E-state index in [2.05, 4.69) is 20.8 Å². The van der Waals surface area contributed by atoms with Crippen molar-refractivity contribution < 1.29 is 22.7 Å². The quantitative estimate of drug-likeness (QED) is 0.768. The van der Waals surface area contributed by atoms with Crippen LogP contribution in [0.25, 0.3) is 0 Å². The van der Waals surface area contributed by atoms with Gasteiger partial charge in [0, 0.05) is 12.6 Å². The number of hydrogen-bond acceptors (Lipinski definition) is 4. The highest BCUT2D eigenvalue weighted by Gasteiger charge is 2.30. The molecule has 0 spiro atoms. The number of carbonyl (C=O) groups is 1. The summed E-state index contributed by atoms with van der Waals surface area (Å²) in [6.07, 6.45) is -3.56. The second-order valence-corrected chi connectivity index (χ2v) is 5.76. The van der Waals surface area contributed by atoms with Crippen molar-refractivity contribution in [3.63, 3.8) is 0 Å². The van der Waals surface area contributed by atoms with Gasteiger partial charge in [-0.2, -0.15) is 18.3 Å². The smallest absolute Gasteiger partial charge is 0.416 e. The molecule has 0 unspecified atom stereocenters. The monoisotopic (exact) mass is 354 g/mol. The van der Waals surface area contributed by atoms with E-state index in [4.69, 9.17) is 4.74 Å². The fourth-order valence-corrected chi connectivity index (χ4v) is 2.51. The number of aromatic nitrogens is 2. The molecule has 1 saturated heterocycles. The van der Waals surface area contributed by atoms with E-state index in [1.54, 1.807) is 0 Å². The summed E-state index contributed by atoms with van der Waals surface area (Å²) in [4.78, 5) is 12.1. The number of nitrogens with one attached hydrogen (secondary N) is 3. The average Bonchev–Trinajstić information content (AvgIpc) is 3.24. The molecule has 1 aliphatic rings. The van der Waals surface area contributed by atoms with Crippen molar-refractivity contribution in [2.75, 3.05) is 13.1 Å². The number of ether oxygens (including phenoxy) is 1. The van der Waals surface area contributed by atoms with Gasteiger partial charge in [-0.3, -0.25) is 9.89 Å². The van der Waals surface area contributed by atoms with E-state index < -0.39 is 11.7 Å². The van der Waals surface area contributed by atoms with Gasteiger partial charge >= 0.3 is 6.18 Å². The molecular weight excluding hydrogens is 337 g/mol. The number of aromatic amines is 1. The molecule has 3 N–H and O–H groups in total. The SMILES string of the molecule is O=C(N[C@@H]1CCNC1)c1cc(COc2cccc(C(F)(F)F)c2)[nH]n1. The molecule has 0 saturated carbocycles. The highest BCUT2D eigenvalue weighted by atomic mass is 19.4. The van der Waals surface area contributed by atoms with Gasteiger partial charge in [0.1, 0.15) is 18.1 Å². The van der Waals surface area contributed by atoms with Crippen LogP contribution >= 0.6 is 0 Å². The summed E-state index contributed by atoms with van der Waals surface area (Å²) in [6.45, 7) is 1.57. The fraction of sp³-hybridized carbons (Fsp3) is 0.375. The molecule has 2 aromatic rings. The van der Waals surface area contributed by atoms with Gasteiger partial charge in [0.2, 0.25) is 0 Å². The van der Waals surface area contributed by atoms with Gasteiger partial charge in [-0.05, 0) is 37.2 Å². The molecule has 1 atom stereocenters. The molecule has 134 valence electrons. The Labute approximate surface area is 141 Å². The predicted octanol–water partition coefficient (Wildman–Crippen LogP) is 2.10. The summed E-state index contributed by atoms with van der Waals surface area (Å²) in [5, 5.41) is 12.6. The van der Waals surface area contributed by atoms with Gasteiger partial charge in [0.25, 0.3) is 5.91 Å². The third kappa shape index (κ3) is 4.50. The molecule has 1 aliphatic heterocycles. The minimum Gasteiger partial charge on any atom is -0.487 e. The van der Waals surface area contributed by atoms with E-state index in [0.717, 1.165) is 31.6 Å². The van der Waals surface area contributed by atoms with E-state index in [1.807, 2.05) is 0 Å². The Kier molecular flexibility index (Phi) is 4.93. The number of carbonyl (C=O) groups excluding carboxylic acids is 1. The van der Waals surface area contributed by atoms with Crippen LogP contribution in [0.5, 0.6) is 5.75 Å². The van der Waals surface area contributed by atoms with Crippen LogP contribution in [-0.2, 0) is 12.8 Å². The zero-order valence-corrected chi connectivity index (χ0v) is 13.2. The lowest BCUT2D eigenvalue weighted by Crippen LogP contribution is -2.36. The van der Waals surface area contributed by atoms with Gasteiger partial charge < -0.3 is 15.4 Å². The first-order valence-electron chi connectivity index (χ1n) is 7.78. The van der Waals surface area contributed by atoms with Gasteiger partial charge in [-0.25, -0.2) is 0 Å². The number of nitrogens with zero attached hydrogens (tertiary/aromatic N) is 1. The van der Waals surface area contributed by atoms with Crippen LogP contribution in [0.1, 0.15) is 28.2 Å². The van der Waals surface area contributed by atoms with Crippen molar-refractivity contribution in [2.45, 2.75) is 25.2 Å². The minimum atomic E-state index is -4.42. The summed E-state index contributed by atoms with van der Waals surface area (Å²) >= 11 is 0. The first kappa shape index (κ1) is 17.3. The van der Waals surface area contributed by atoms with E-state index >= 15 is 0 Å². The van der Waals surface area contributed by atoms with E-state index in [1.165, 1.54) is 18.2 Å². The van der Waals surface area contributed by atoms with Crippen LogP contribution in [0, 0.1) is 0 Å². The maximum Gasteiger partial charge on any atom is 0.416 e. The molecule has 1 amide bonds. The molecule has 1 fully saturated rings. The van der Waals surface area contributed by atoms with Crippen molar-refractivity contribution in [3.8, 4) is 5.75 Å². The first-order valence-corrected chi connectivity index (χ1v) is 7.78. The number of halogens is 3. The molecule has 0 bridgehead atoms. The Hall–Kier alpha value is -2.55. The number of amides is 1. The van der Waals surface area contributed by atoms with Crippen LogP contribution < -0.4 is 15.4 Å². The summed E-state index contributed by atoms with van der Waals surface area (Å²) < 4.78 is 43.4. The molecule has 25 heavy (non-hydrogen) atoms. The van der Waals surface area contributed by atoms with E-state index in [-0.39, 0.29) is 30.0 Å². The predicted molar refractivity (Wildman–Crippen MR) is 83.1 cm³/mol. The lowest BCUT2D eigenvalue weighted by Gasteiger charge is -2.09. The van der Waals surface area contributed by atoms with Gasteiger partial charge in [0.05, 0.1) is 11.3 Å². The van der Waals surface area contributed by atoms with Crippen molar-refractivity contribution in [1.29, 1.82) is 0 Å². The number of alkyl halides is 3. The van der Waals surface area contributed by atoms with Crippen LogP contribution in [0.15, 0.2) is 30.3 Å². The summed E-state index contributed by atoms with van der Waals surface area (Å²) in [7, 11) is 0. The highest BCUT2D eigenvalue weighted by Crippen LogP contribution is 2.31. The Balaban J connectivity index is 1.57. The standard InChI is InChI=1S/C16H17F3N4O2/c17-16(18,19)10-2-1-3-13(6-10)25-9-12-7-14(23-22-12)15(24)21-11-4-5-20-8-11/h1-3,6-7,11,20H,4-5,8-9H2,(H,21,24)(H,22,23)/t11-/m1/s1. The minimum absolute atomic E-state index is 0.0213. The number of H-pyrrole nitrogens is 1. The Morgan fingerprint density at radius 1 is 1.36 bits per heavy atom. The average molecular weight is 354 g/mol. The molecule has 1 aromatic heterocycles. The van der Waals surface area contributed by atoms with Crippen molar-refractivity contribution in [2.24, 2.45) is 0 Å². The van der Waals surface area contributed by atoms with Gasteiger partial charge in [0.15, 0.2) is 0 Å². The molecule has 9 heteroatoms. The maximum absolute atomic E-state index is 12.7. The van der Waals surface area contributed by atoms with Gasteiger partial charge in [-0.15, -0.1) is 0 Å². The molecule has 1 aromatic carbocycles. The Bertz CT molecular complexity index is 739. The van der Waals surface area contributed by atoms with Crippen LogP contribution in [0.3, 0.4) is 0 Å². The highest BCUT2D eigenvalue weighted by molar-refractivity contribution is 5.92. The molecule has 0 radical (unpaired) electrons. The first-order chi connectivity index (χ1) is 11.9. The molecule has 6 nitrogen and oxygen atoms in total. The van der Waals surface area contributed by atoms with Crippen LogP contribution in [-0.4, -0.2) is 35.2 Å². The second kappa shape index (κ2) is 7.14. The van der Waals surface area contributed by atoms with E-state index in [0.29, 0.717) is 5.69 Å². The van der Waals surface area contributed by atoms with Gasteiger partial charge in [-0.1, -0.05) is 6.07 Å². The number of benzene rings is 1. The molecule has 2 heterocycles. The summed E-state index contributed by atoms with van der Waals surface area (Å²) in [5.74, 6) is -0.206. The fourth-order valence-electron chi connectivity index (χ4n) is 2.51. The normalized spacial score (nSPS) is 17.5. The third-order valence-corrected chi connectivity index (χ3v) is 3.81. The zero-order chi connectivity index (χ0) is 17.9. The lowest BCUT2D eigenvalue weighted by atomic mass is 10.2. The van der Waals surface area contributed by atoms with Crippen LogP contribution in [0.4, 0.5) is 13.2 Å². The Morgan fingerprint density at radius 2 is 2.20 bits per heavy atom. The maximum atomic E-state index is 12.7. The molecular formula is C16H17F3N4O2. The topological polar surface area (TPSA) is 79.0 Å². The summed E-state index contributed by atoms with van der Waals surface area (Å²) in [6, 6.07) is 6.21. The van der Waals surface area contributed by atoms with E-state index in [9.17, 15) is 18.0 Å². The summed E-state index contributed by atoms with van der Waals surface area (Å²) in [5.41, 5.74) is -0.0681. The number of hydrogen-bond donors (Lipinski definition) is 3. The molecule has 0 aliphatic carbocycles. The lowest BCUT2D eigenvalue weighted by molar-refractivity contribution is -0.137. The van der Waals surface area contributed by atoms with Crippen molar-refractivity contribution in [3.05, 3.63) is 47.3 Å². The number of rotatable bonds is 5. The third-order valence-electron chi connectivity index (χ3n) is 3.81. The van der Waals surface area contributed by atoms with Crippen molar-refractivity contribution in [1.82, 2.24) is 20.8 Å². The second-order valence-electron chi connectivity index (χ2n) is 5.76. The largest absolute Gasteiger partial charge is 0.487 e. The zero-order valence-electron chi connectivity index (χ0n) is 13.2. The Morgan fingerprint density at radius 3 is 2.92 bits per heavy atom. The van der Waals surface area contributed by atoms with Crippen LogP contribution in [0.2, 0.25) is 0 Å². The van der Waals surface area contributed by atoms with Crippen molar-refractivity contribution >= 4 is 5.91 Å².